The first-order valence-corrected chi connectivity index (χ1v) is 10.8. The van der Waals surface area contributed by atoms with Crippen LogP contribution in [0.25, 0.3) is 22.3 Å². The van der Waals surface area contributed by atoms with Gasteiger partial charge in [-0.25, -0.2) is 23.2 Å². The van der Waals surface area contributed by atoms with Crippen LogP contribution >= 0.6 is 0 Å². The van der Waals surface area contributed by atoms with Crippen molar-refractivity contribution in [1.29, 1.82) is 0 Å². The largest absolute Gasteiger partial charge is 0.478 e. The van der Waals surface area contributed by atoms with Gasteiger partial charge in [-0.3, -0.25) is 0 Å². The number of ether oxygens (including phenoxy) is 1. The Morgan fingerprint density at radius 2 is 1.49 bits per heavy atom. The van der Waals surface area contributed by atoms with Crippen LogP contribution in [0.3, 0.4) is 0 Å². The zero-order chi connectivity index (χ0) is 24.5. The van der Waals surface area contributed by atoms with Gasteiger partial charge in [0, 0.05) is 5.56 Å². The number of carbonyl (C=O) groups is 1. The molecule has 8 heteroatoms. The third-order valence-electron chi connectivity index (χ3n) is 5.55. The Balaban J connectivity index is 1.48. The van der Waals surface area contributed by atoms with E-state index in [4.69, 9.17) is 4.74 Å². The fourth-order valence-electron chi connectivity index (χ4n) is 3.88. The van der Waals surface area contributed by atoms with Crippen molar-refractivity contribution in [2.75, 3.05) is 0 Å². The van der Waals surface area contributed by atoms with Crippen molar-refractivity contribution in [2.24, 2.45) is 0 Å². The normalized spacial score (nSPS) is 11.1. The first-order valence-electron chi connectivity index (χ1n) is 10.8. The van der Waals surface area contributed by atoms with Gasteiger partial charge in [-0.2, -0.15) is 5.10 Å². The average Bonchev–Trinajstić information content (AvgIpc) is 3.16. The SMILES string of the molecule is Cc1nn(Cc2ccc(Oc3ccc(F)cc3)cc2)c2nc(-c3ccc(F)cc3)cc(C(=O)O)c12. The monoisotopic (exact) mass is 471 g/mol. The van der Waals surface area contributed by atoms with E-state index in [1.54, 1.807) is 48.0 Å². The highest BCUT2D eigenvalue weighted by atomic mass is 19.1. The number of carboxylic acid groups (broad SMARTS) is 1. The molecular weight excluding hydrogens is 452 g/mol. The maximum Gasteiger partial charge on any atom is 0.336 e. The lowest BCUT2D eigenvalue weighted by molar-refractivity contribution is 0.0699. The van der Waals surface area contributed by atoms with Crippen molar-refractivity contribution in [3.8, 4) is 22.8 Å². The van der Waals surface area contributed by atoms with Crippen molar-refractivity contribution >= 4 is 17.0 Å². The zero-order valence-corrected chi connectivity index (χ0v) is 18.6. The number of rotatable bonds is 6. The van der Waals surface area contributed by atoms with Crippen LogP contribution in [0.1, 0.15) is 21.6 Å². The summed E-state index contributed by atoms with van der Waals surface area (Å²) in [7, 11) is 0. The van der Waals surface area contributed by atoms with E-state index in [2.05, 4.69) is 10.1 Å². The lowest BCUT2D eigenvalue weighted by atomic mass is 10.1. The molecule has 0 radical (unpaired) electrons. The number of pyridine rings is 1. The van der Waals surface area contributed by atoms with Gasteiger partial charge in [0.15, 0.2) is 5.65 Å². The molecule has 5 aromatic rings. The van der Waals surface area contributed by atoms with Crippen molar-refractivity contribution in [3.63, 3.8) is 0 Å². The minimum absolute atomic E-state index is 0.0844. The second kappa shape index (κ2) is 8.98. The van der Waals surface area contributed by atoms with Crippen LogP contribution in [-0.2, 0) is 6.54 Å². The van der Waals surface area contributed by atoms with E-state index in [0.29, 0.717) is 46.0 Å². The van der Waals surface area contributed by atoms with Crippen molar-refractivity contribution < 1.29 is 23.4 Å². The molecule has 0 saturated heterocycles. The van der Waals surface area contributed by atoms with Gasteiger partial charge < -0.3 is 9.84 Å². The number of hydrogen-bond donors (Lipinski definition) is 1. The molecule has 0 fully saturated rings. The van der Waals surface area contributed by atoms with E-state index in [9.17, 15) is 18.7 Å². The van der Waals surface area contributed by atoms with Gasteiger partial charge in [0.25, 0.3) is 0 Å². The highest BCUT2D eigenvalue weighted by Gasteiger charge is 2.20. The van der Waals surface area contributed by atoms with E-state index >= 15 is 0 Å². The fraction of sp³-hybridized carbons (Fsp3) is 0.0741. The molecule has 174 valence electrons. The summed E-state index contributed by atoms with van der Waals surface area (Å²) in [6, 6.07) is 20.3. The Bertz CT molecular complexity index is 1530. The summed E-state index contributed by atoms with van der Waals surface area (Å²) >= 11 is 0. The Labute approximate surface area is 199 Å². The standard InChI is InChI=1S/C27H19F2N3O3/c1-16-25-23(27(33)34)14-24(18-4-6-19(28)7-5-18)30-26(25)32(31-16)15-17-2-10-21(11-3-17)35-22-12-8-20(29)9-13-22/h2-14H,15H2,1H3,(H,33,34). The smallest absolute Gasteiger partial charge is 0.336 e. The van der Waals surface area contributed by atoms with Gasteiger partial charge in [-0.05, 0) is 79.2 Å². The lowest BCUT2D eigenvalue weighted by Gasteiger charge is -2.09. The fourth-order valence-corrected chi connectivity index (χ4v) is 3.88. The molecule has 0 aliphatic rings. The molecule has 0 saturated carbocycles. The summed E-state index contributed by atoms with van der Waals surface area (Å²) in [5, 5.41) is 14.8. The predicted molar refractivity (Wildman–Crippen MR) is 127 cm³/mol. The van der Waals surface area contributed by atoms with Crippen LogP contribution in [0.4, 0.5) is 8.78 Å². The quantitative estimate of drug-likeness (QED) is 0.318. The summed E-state index contributed by atoms with van der Waals surface area (Å²) in [5.41, 5.74) is 2.97. The molecule has 2 heterocycles. The molecule has 0 spiro atoms. The number of aryl methyl sites for hydroxylation is 1. The number of hydrogen-bond acceptors (Lipinski definition) is 4. The number of carboxylic acids is 1. The van der Waals surface area contributed by atoms with Crippen molar-refractivity contribution in [1.82, 2.24) is 14.8 Å². The summed E-state index contributed by atoms with van der Waals surface area (Å²) < 4.78 is 33.9. The Morgan fingerprint density at radius 3 is 2.09 bits per heavy atom. The van der Waals surface area contributed by atoms with Gasteiger partial charge in [-0.1, -0.05) is 12.1 Å². The highest BCUT2D eigenvalue weighted by Crippen LogP contribution is 2.28. The van der Waals surface area contributed by atoms with Gasteiger partial charge in [0.05, 0.1) is 28.9 Å². The van der Waals surface area contributed by atoms with E-state index < -0.39 is 5.97 Å². The molecule has 35 heavy (non-hydrogen) atoms. The zero-order valence-electron chi connectivity index (χ0n) is 18.6. The number of aromatic carboxylic acids is 1. The predicted octanol–water partition coefficient (Wildman–Crippen LogP) is 6.22. The number of halogens is 2. The van der Waals surface area contributed by atoms with Crippen molar-refractivity contribution in [2.45, 2.75) is 13.5 Å². The van der Waals surface area contributed by atoms with Crippen LogP contribution in [0.15, 0.2) is 78.9 Å². The molecule has 0 unspecified atom stereocenters. The number of nitrogens with zero attached hydrogens (tertiary/aromatic N) is 3. The first-order chi connectivity index (χ1) is 16.9. The summed E-state index contributed by atoms with van der Waals surface area (Å²) in [6.07, 6.45) is 0. The van der Waals surface area contributed by atoms with Crippen LogP contribution < -0.4 is 4.74 Å². The third-order valence-corrected chi connectivity index (χ3v) is 5.55. The number of aromatic nitrogens is 3. The molecule has 0 aliphatic carbocycles. The van der Waals surface area contributed by atoms with E-state index in [1.807, 2.05) is 12.1 Å². The van der Waals surface area contributed by atoms with Gasteiger partial charge in [-0.15, -0.1) is 0 Å². The minimum atomic E-state index is -1.09. The molecule has 0 aliphatic heterocycles. The summed E-state index contributed by atoms with van der Waals surface area (Å²) in [4.78, 5) is 16.7. The lowest BCUT2D eigenvalue weighted by Crippen LogP contribution is -2.05. The Morgan fingerprint density at radius 1 is 0.914 bits per heavy atom. The molecule has 0 atom stereocenters. The van der Waals surface area contributed by atoms with Crippen LogP contribution in [0.2, 0.25) is 0 Å². The van der Waals surface area contributed by atoms with Crippen LogP contribution in [0, 0.1) is 18.6 Å². The molecule has 0 amide bonds. The van der Waals surface area contributed by atoms with Gasteiger partial charge in [0.1, 0.15) is 23.1 Å². The highest BCUT2D eigenvalue weighted by molar-refractivity contribution is 6.04. The van der Waals surface area contributed by atoms with Gasteiger partial charge >= 0.3 is 5.97 Å². The molecule has 3 aromatic carbocycles. The molecule has 2 aromatic heterocycles. The van der Waals surface area contributed by atoms with Crippen LogP contribution in [0.5, 0.6) is 11.5 Å². The second-order valence-electron chi connectivity index (χ2n) is 8.01. The Hall–Kier alpha value is -4.59. The van der Waals surface area contributed by atoms with Crippen molar-refractivity contribution in [3.05, 3.63) is 107 Å². The third kappa shape index (κ3) is 4.59. The molecule has 1 N–H and O–H groups in total. The second-order valence-corrected chi connectivity index (χ2v) is 8.01. The number of fused-ring (bicyclic) bond motifs is 1. The average molecular weight is 471 g/mol. The maximum absolute atomic E-state index is 13.4. The van der Waals surface area contributed by atoms with E-state index in [1.165, 1.54) is 30.3 Å². The first kappa shape index (κ1) is 22.2. The topological polar surface area (TPSA) is 77.2 Å². The minimum Gasteiger partial charge on any atom is -0.478 e. The molecule has 5 rings (SSSR count). The molecule has 0 bridgehead atoms. The van der Waals surface area contributed by atoms with Gasteiger partial charge in [0.2, 0.25) is 0 Å². The summed E-state index contributed by atoms with van der Waals surface area (Å²) in [6.45, 7) is 2.09. The Kier molecular flexibility index (Phi) is 5.70. The molecular formula is C27H19F2N3O3. The summed E-state index contributed by atoms with van der Waals surface area (Å²) in [5.74, 6) is -0.707. The van der Waals surface area contributed by atoms with E-state index in [0.717, 1.165) is 5.56 Å². The van der Waals surface area contributed by atoms with Crippen LogP contribution in [-0.4, -0.2) is 25.8 Å². The van der Waals surface area contributed by atoms with E-state index in [-0.39, 0.29) is 17.2 Å². The molecule has 6 nitrogen and oxygen atoms in total. The number of benzene rings is 3. The maximum atomic E-state index is 13.4.